The third kappa shape index (κ3) is 13.4. The van der Waals surface area contributed by atoms with Crippen LogP contribution in [0.3, 0.4) is 0 Å². The van der Waals surface area contributed by atoms with Crippen LogP contribution < -0.4 is 5.32 Å². The van der Waals surface area contributed by atoms with Gasteiger partial charge in [-0.1, -0.05) is 13.8 Å². The summed E-state index contributed by atoms with van der Waals surface area (Å²) in [6.45, 7) is 8.07. The van der Waals surface area contributed by atoms with Crippen molar-refractivity contribution in [1.82, 2.24) is 5.32 Å². The molecule has 3 heteroatoms. The van der Waals surface area contributed by atoms with Crippen molar-refractivity contribution < 1.29 is 4.74 Å². The average Bonchev–Trinajstić information content (AvgIpc) is 2.20. The van der Waals surface area contributed by atoms with Crippen LogP contribution >= 0.6 is 0 Å². The topological polar surface area (TPSA) is 45.0 Å². The normalized spacial score (nSPS) is 10.5. The summed E-state index contributed by atoms with van der Waals surface area (Å²) < 4.78 is 5.46. The van der Waals surface area contributed by atoms with Gasteiger partial charge in [0.2, 0.25) is 0 Å². The molecule has 0 heterocycles. The minimum absolute atomic E-state index is 0.629. The highest BCUT2D eigenvalue weighted by Crippen LogP contribution is 1.93. The van der Waals surface area contributed by atoms with Gasteiger partial charge in [-0.3, -0.25) is 0 Å². The Hall–Kier alpha value is -0.590. The Morgan fingerprint density at radius 1 is 1.20 bits per heavy atom. The number of ether oxygens (including phenoxy) is 1. The molecule has 88 valence electrons. The lowest BCUT2D eigenvalue weighted by molar-refractivity contribution is 0.108. The van der Waals surface area contributed by atoms with Gasteiger partial charge in [-0.25, -0.2) is 0 Å². The minimum Gasteiger partial charge on any atom is -0.381 e. The maximum absolute atomic E-state index is 8.32. The smallest absolute Gasteiger partial charge is 0.0621 e. The van der Waals surface area contributed by atoms with Gasteiger partial charge in [0.05, 0.1) is 6.07 Å². The van der Waals surface area contributed by atoms with Crippen molar-refractivity contribution in [2.45, 2.75) is 39.5 Å². The Morgan fingerprint density at radius 3 is 2.60 bits per heavy atom. The van der Waals surface area contributed by atoms with Crippen LogP contribution in [0, 0.1) is 17.2 Å². The number of unbranched alkanes of at least 4 members (excludes halogenated alkanes) is 2. The molecule has 0 amide bonds. The standard InChI is InChI=1S/C12H24N2O/c1-12(2)11-15-10-6-9-14-8-5-3-4-7-13/h12,14H,3-6,8-11H2,1-2H3. The first-order chi connectivity index (χ1) is 7.27. The zero-order chi connectivity index (χ0) is 11.4. The summed E-state index contributed by atoms with van der Waals surface area (Å²) in [5.41, 5.74) is 0. The van der Waals surface area contributed by atoms with Crippen molar-refractivity contribution in [3.8, 4) is 6.07 Å². The van der Waals surface area contributed by atoms with E-state index in [4.69, 9.17) is 10.00 Å². The van der Waals surface area contributed by atoms with Crippen molar-refractivity contribution in [3.05, 3.63) is 0 Å². The van der Waals surface area contributed by atoms with E-state index in [1.54, 1.807) is 0 Å². The van der Waals surface area contributed by atoms with Gasteiger partial charge in [0.25, 0.3) is 0 Å². The molecule has 0 aliphatic carbocycles. The molecule has 0 aliphatic heterocycles. The van der Waals surface area contributed by atoms with Gasteiger partial charge in [0.15, 0.2) is 0 Å². The molecule has 1 N–H and O–H groups in total. The van der Waals surface area contributed by atoms with Crippen molar-refractivity contribution in [2.24, 2.45) is 5.92 Å². The van der Waals surface area contributed by atoms with Gasteiger partial charge >= 0.3 is 0 Å². The zero-order valence-corrected chi connectivity index (χ0v) is 10.1. The Labute approximate surface area is 93.8 Å². The number of hydrogen-bond donors (Lipinski definition) is 1. The number of hydrogen-bond acceptors (Lipinski definition) is 3. The van der Waals surface area contributed by atoms with E-state index in [1.165, 1.54) is 0 Å². The highest BCUT2D eigenvalue weighted by Gasteiger charge is 1.93. The van der Waals surface area contributed by atoms with Gasteiger partial charge in [-0.05, 0) is 38.3 Å². The highest BCUT2D eigenvalue weighted by molar-refractivity contribution is 4.68. The Balaban J connectivity index is 2.90. The summed E-state index contributed by atoms with van der Waals surface area (Å²) in [4.78, 5) is 0. The molecule has 0 saturated heterocycles. The van der Waals surface area contributed by atoms with Crippen molar-refractivity contribution in [1.29, 1.82) is 5.26 Å². The Kier molecular flexibility index (Phi) is 11.0. The fourth-order valence-corrected chi connectivity index (χ4v) is 1.20. The molecule has 0 aromatic carbocycles. The summed E-state index contributed by atoms with van der Waals surface area (Å²) in [5.74, 6) is 0.629. The summed E-state index contributed by atoms with van der Waals surface area (Å²) in [5, 5.41) is 11.7. The molecule has 0 unspecified atom stereocenters. The molecule has 0 atom stereocenters. The number of nitrogens with zero attached hydrogens (tertiary/aromatic N) is 1. The van der Waals surface area contributed by atoms with Crippen LogP contribution in [0.1, 0.15) is 39.5 Å². The Morgan fingerprint density at radius 2 is 1.93 bits per heavy atom. The first-order valence-electron chi connectivity index (χ1n) is 5.92. The molecule has 0 aromatic heterocycles. The first-order valence-corrected chi connectivity index (χ1v) is 5.92. The van der Waals surface area contributed by atoms with Crippen LogP contribution in [-0.2, 0) is 4.74 Å². The largest absolute Gasteiger partial charge is 0.381 e. The van der Waals surface area contributed by atoms with Crippen LogP contribution in [0.15, 0.2) is 0 Å². The van der Waals surface area contributed by atoms with Crippen LogP contribution in [0.2, 0.25) is 0 Å². The van der Waals surface area contributed by atoms with E-state index >= 15 is 0 Å². The molecule has 15 heavy (non-hydrogen) atoms. The molecular weight excluding hydrogens is 188 g/mol. The molecular formula is C12H24N2O. The molecule has 3 nitrogen and oxygen atoms in total. The second kappa shape index (κ2) is 11.5. The van der Waals surface area contributed by atoms with E-state index in [0.717, 1.165) is 45.6 Å². The van der Waals surface area contributed by atoms with Gasteiger partial charge in [0.1, 0.15) is 0 Å². The van der Waals surface area contributed by atoms with Crippen molar-refractivity contribution >= 4 is 0 Å². The molecule has 0 spiro atoms. The highest BCUT2D eigenvalue weighted by atomic mass is 16.5. The molecule has 0 bridgehead atoms. The molecule has 0 saturated carbocycles. The lowest BCUT2D eigenvalue weighted by Gasteiger charge is -2.07. The zero-order valence-electron chi connectivity index (χ0n) is 10.1. The van der Waals surface area contributed by atoms with E-state index < -0.39 is 0 Å². The predicted molar refractivity (Wildman–Crippen MR) is 62.6 cm³/mol. The minimum atomic E-state index is 0.629. The van der Waals surface area contributed by atoms with E-state index in [-0.39, 0.29) is 0 Å². The molecule has 0 radical (unpaired) electrons. The lowest BCUT2D eigenvalue weighted by Crippen LogP contribution is -2.18. The summed E-state index contributed by atoms with van der Waals surface area (Å²) in [6.07, 6.45) is 3.86. The maximum atomic E-state index is 8.32. The SMILES string of the molecule is CC(C)COCCCNCCCCC#N. The number of nitrogens with one attached hydrogen (secondary N) is 1. The number of nitriles is 1. The second-order valence-corrected chi connectivity index (χ2v) is 4.19. The fraction of sp³-hybridized carbons (Fsp3) is 0.917. The third-order valence-corrected chi connectivity index (χ3v) is 1.99. The van der Waals surface area contributed by atoms with E-state index in [1.807, 2.05) is 0 Å². The van der Waals surface area contributed by atoms with Crippen LogP contribution in [0.4, 0.5) is 0 Å². The molecule has 0 aliphatic rings. The van der Waals surface area contributed by atoms with Crippen LogP contribution in [0.5, 0.6) is 0 Å². The van der Waals surface area contributed by atoms with Crippen molar-refractivity contribution in [3.63, 3.8) is 0 Å². The van der Waals surface area contributed by atoms with Gasteiger partial charge in [-0.2, -0.15) is 5.26 Å². The predicted octanol–water partition coefficient (Wildman–Crippen LogP) is 2.33. The second-order valence-electron chi connectivity index (χ2n) is 4.19. The summed E-state index contributed by atoms with van der Waals surface area (Å²) >= 11 is 0. The van der Waals surface area contributed by atoms with E-state index in [9.17, 15) is 0 Å². The van der Waals surface area contributed by atoms with Crippen LogP contribution in [-0.4, -0.2) is 26.3 Å². The Bertz CT molecular complexity index is 163. The molecule has 0 rings (SSSR count). The monoisotopic (exact) mass is 212 g/mol. The molecule has 0 aromatic rings. The van der Waals surface area contributed by atoms with Crippen molar-refractivity contribution in [2.75, 3.05) is 26.3 Å². The summed E-state index contributed by atoms with van der Waals surface area (Å²) in [7, 11) is 0. The number of rotatable bonds is 10. The average molecular weight is 212 g/mol. The summed E-state index contributed by atoms with van der Waals surface area (Å²) in [6, 6.07) is 2.15. The van der Waals surface area contributed by atoms with Gasteiger partial charge in [0, 0.05) is 19.6 Å². The third-order valence-electron chi connectivity index (χ3n) is 1.99. The van der Waals surface area contributed by atoms with E-state index in [2.05, 4.69) is 25.2 Å². The van der Waals surface area contributed by atoms with Crippen LogP contribution in [0.25, 0.3) is 0 Å². The quantitative estimate of drug-likeness (QED) is 0.565. The lowest BCUT2D eigenvalue weighted by atomic mass is 10.2. The van der Waals surface area contributed by atoms with Gasteiger partial charge in [-0.15, -0.1) is 0 Å². The van der Waals surface area contributed by atoms with E-state index in [0.29, 0.717) is 12.3 Å². The maximum Gasteiger partial charge on any atom is 0.0621 e. The molecule has 0 fully saturated rings. The van der Waals surface area contributed by atoms with Gasteiger partial charge < -0.3 is 10.1 Å². The first kappa shape index (κ1) is 14.4. The fourth-order valence-electron chi connectivity index (χ4n) is 1.20.